The van der Waals surface area contributed by atoms with Crippen molar-refractivity contribution in [3.05, 3.63) is 0 Å². The molecule has 2 rings (SSSR count). The lowest BCUT2D eigenvalue weighted by Crippen LogP contribution is -2.64. The van der Waals surface area contributed by atoms with E-state index in [1.165, 1.54) is 13.8 Å². The molecule has 0 bridgehead atoms. The lowest BCUT2D eigenvalue weighted by Gasteiger charge is -2.42. The maximum atomic E-state index is 12.4. The maximum absolute atomic E-state index is 12.4. The molecule has 278 valence electrons. The van der Waals surface area contributed by atoms with Gasteiger partial charge in [0.05, 0.1) is 13.2 Å². The Labute approximate surface area is 280 Å². The number of ether oxygens (including phenoxy) is 4. The number of aliphatic hydroxyl groups is 6. The molecule has 11 atom stereocenters. The molecule has 9 N–H and O–H groups in total. The summed E-state index contributed by atoms with van der Waals surface area (Å²) in [5, 5.41) is 67.4. The van der Waals surface area contributed by atoms with Gasteiger partial charge in [0.25, 0.3) is 0 Å². The van der Waals surface area contributed by atoms with Crippen LogP contribution in [0, 0.1) is 5.92 Å². The molecule has 17 nitrogen and oxygen atoms in total. The first-order chi connectivity index (χ1) is 22.8. The normalized spacial score (nSPS) is 31.1. The van der Waals surface area contributed by atoms with Crippen molar-refractivity contribution in [2.45, 2.75) is 133 Å². The monoisotopic (exact) mass is 693 g/mol. The Morgan fingerprint density at radius 2 is 1.15 bits per heavy atom. The molecule has 3 amide bonds. The van der Waals surface area contributed by atoms with E-state index in [0.717, 1.165) is 0 Å². The Balaban J connectivity index is 1.57. The number of nitrogens with one attached hydrogen (secondary N) is 3. The number of unbranched alkanes of at least 4 members (excludes halogenated alkanes) is 2. The van der Waals surface area contributed by atoms with Gasteiger partial charge in [-0.25, -0.2) is 0 Å². The number of carbonyl (C=O) groups is 4. The molecular formula is C31H55N3O14. The van der Waals surface area contributed by atoms with Crippen molar-refractivity contribution >= 4 is 23.5 Å². The van der Waals surface area contributed by atoms with E-state index in [2.05, 4.69) is 16.0 Å². The summed E-state index contributed by atoms with van der Waals surface area (Å²) >= 11 is 0. The summed E-state index contributed by atoms with van der Waals surface area (Å²) in [6.07, 6.45) is -6.27. The van der Waals surface area contributed by atoms with Gasteiger partial charge in [0, 0.05) is 52.9 Å². The highest BCUT2D eigenvalue weighted by Gasteiger charge is 2.46. The molecule has 5 unspecified atom stereocenters. The van der Waals surface area contributed by atoms with E-state index >= 15 is 0 Å². The van der Waals surface area contributed by atoms with Gasteiger partial charge in [-0.2, -0.15) is 0 Å². The van der Waals surface area contributed by atoms with Gasteiger partial charge in [0.1, 0.15) is 54.5 Å². The summed E-state index contributed by atoms with van der Waals surface area (Å²) < 4.78 is 22.3. The van der Waals surface area contributed by atoms with Gasteiger partial charge < -0.3 is 65.5 Å². The topological polar surface area (TPSA) is 263 Å². The van der Waals surface area contributed by atoms with Gasteiger partial charge in [0.15, 0.2) is 12.6 Å². The largest absolute Gasteiger partial charge is 0.394 e. The van der Waals surface area contributed by atoms with Crippen molar-refractivity contribution in [2.24, 2.45) is 5.92 Å². The summed E-state index contributed by atoms with van der Waals surface area (Å²) in [5.74, 6) is -0.882. The maximum Gasteiger partial charge on any atom is 0.220 e. The second-order valence-corrected chi connectivity index (χ2v) is 12.5. The van der Waals surface area contributed by atoms with Crippen molar-refractivity contribution in [1.29, 1.82) is 0 Å². The SMILES string of the molecule is CC(=O)NC1[C@H](OCCCCC(=O)CCC(C)CNC(=O)CCCCOC2OC(CO)[C@H](O)[C@H](O)[C@@H]2NC(C)=O)OC(CO)[C@H](O)[C@@H]1O. The van der Waals surface area contributed by atoms with E-state index in [1.807, 2.05) is 6.92 Å². The Morgan fingerprint density at radius 1 is 0.688 bits per heavy atom. The minimum absolute atomic E-state index is 0.0760. The number of Topliss-reactive ketones (excluding diaryl/α,β-unsaturated/α-hetero) is 1. The molecule has 0 spiro atoms. The molecule has 2 aliphatic heterocycles. The van der Waals surface area contributed by atoms with Gasteiger partial charge in [-0.1, -0.05) is 6.92 Å². The molecule has 0 aliphatic carbocycles. The number of rotatable bonds is 21. The molecule has 0 aromatic rings. The highest BCUT2D eigenvalue weighted by atomic mass is 16.7. The van der Waals surface area contributed by atoms with Crippen molar-refractivity contribution in [1.82, 2.24) is 16.0 Å². The van der Waals surface area contributed by atoms with Crippen LogP contribution in [-0.2, 0) is 38.1 Å². The fourth-order valence-electron chi connectivity index (χ4n) is 5.45. The minimum Gasteiger partial charge on any atom is -0.394 e. The van der Waals surface area contributed by atoms with E-state index in [1.54, 1.807) is 0 Å². The lowest BCUT2D eigenvalue weighted by molar-refractivity contribution is -0.270. The summed E-state index contributed by atoms with van der Waals surface area (Å²) in [5.41, 5.74) is 0. The van der Waals surface area contributed by atoms with Crippen LogP contribution in [0.5, 0.6) is 0 Å². The molecule has 0 aromatic carbocycles. The second kappa shape index (κ2) is 21.7. The first-order valence-corrected chi connectivity index (χ1v) is 16.6. The van der Waals surface area contributed by atoms with Crippen molar-refractivity contribution in [2.75, 3.05) is 33.0 Å². The molecule has 0 saturated carbocycles. The molecule has 2 heterocycles. The third-order valence-corrected chi connectivity index (χ3v) is 8.28. The summed E-state index contributed by atoms with van der Waals surface area (Å²) in [7, 11) is 0. The average Bonchev–Trinajstić information content (AvgIpc) is 3.04. The Bertz CT molecular complexity index is 930. The zero-order valence-corrected chi connectivity index (χ0v) is 28.0. The molecule has 48 heavy (non-hydrogen) atoms. The van der Waals surface area contributed by atoms with Gasteiger partial charge in [-0.3, -0.25) is 19.2 Å². The van der Waals surface area contributed by atoms with E-state index in [0.29, 0.717) is 51.5 Å². The first kappa shape index (κ1) is 41.8. The van der Waals surface area contributed by atoms with Crippen LogP contribution in [0.15, 0.2) is 0 Å². The van der Waals surface area contributed by atoms with Crippen LogP contribution in [0.1, 0.15) is 72.1 Å². The predicted octanol–water partition coefficient (Wildman–Crippen LogP) is -2.65. The zero-order chi connectivity index (χ0) is 35.8. The van der Waals surface area contributed by atoms with Crippen LogP contribution < -0.4 is 16.0 Å². The second-order valence-electron chi connectivity index (χ2n) is 12.5. The third kappa shape index (κ3) is 13.9. The first-order valence-electron chi connectivity index (χ1n) is 16.6. The number of ketones is 1. The molecule has 2 fully saturated rings. The highest BCUT2D eigenvalue weighted by molar-refractivity contribution is 5.78. The highest BCUT2D eigenvalue weighted by Crippen LogP contribution is 2.24. The van der Waals surface area contributed by atoms with E-state index in [-0.39, 0.29) is 37.2 Å². The Hall–Kier alpha value is -2.32. The standard InChI is InChI=1S/C31H55N3O14/c1-17(10-11-20(39)8-4-6-12-45-30-24(33-18(2)37)28(43)26(41)21(15-35)47-30)14-32-23(40)9-5-7-13-46-31-25(34-19(3)38)29(44)27(42)22(16-36)48-31/h17,21-22,24-31,35-36,41-44H,4-16H2,1-3H3,(H,32,40)(H,33,37)(H,34,38)/t17?,21?,22?,24?,25-,26-,27-,28+,29+,30+,31?/m0/s1. The summed E-state index contributed by atoms with van der Waals surface area (Å²) in [6, 6.07) is -2.04. The lowest BCUT2D eigenvalue weighted by atomic mass is 9.97. The fraction of sp³-hybridized carbons (Fsp3) is 0.871. The van der Waals surface area contributed by atoms with Gasteiger partial charge in [0.2, 0.25) is 17.7 Å². The zero-order valence-electron chi connectivity index (χ0n) is 28.0. The van der Waals surface area contributed by atoms with Crippen LogP contribution in [0.25, 0.3) is 0 Å². The molecule has 2 aliphatic rings. The van der Waals surface area contributed by atoms with E-state index < -0.39 is 86.3 Å². The number of aliphatic hydroxyl groups excluding tert-OH is 6. The fourth-order valence-corrected chi connectivity index (χ4v) is 5.45. The minimum atomic E-state index is -1.40. The quantitative estimate of drug-likeness (QED) is 0.0557. The summed E-state index contributed by atoms with van der Waals surface area (Å²) in [4.78, 5) is 47.7. The number of hydrogen-bond donors (Lipinski definition) is 9. The van der Waals surface area contributed by atoms with Crippen LogP contribution in [-0.4, -0.2) is 148 Å². The Kier molecular flexibility index (Phi) is 18.9. The molecule has 17 heteroatoms. The Morgan fingerprint density at radius 3 is 1.58 bits per heavy atom. The van der Waals surface area contributed by atoms with Gasteiger partial charge in [-0.15, -0.1) is 0 Å². The number of hydrogen-bond acceptors (Lipinski definition) is 14. The van der Waals surface area contributed by atoms with Gasteiger partial charge >= 0.3 is 0 Å². The smallest absolute Gasteiger partial charge is 0.220 e. The van der Waals surface area contributed by atoms with E-state index in [4.69, 9.17) is 18.9 Å². The van der Waals surface area contributed by atoms with Crippen molar-refractivity contribution < 1.29 is 68.8 Å². The molecular weight excluding hydrogens is 638 g/mol. The van der Waals surface area contributed by atoms with Crippen LogP contribution in [0.3, 0.4) is 0 Å². The molecule has 2 saturated heterocycles. The molecule has 0 radical (unpaired) electrons. The third-order valence-electron chi connectivity index (χ3n) is 8.28. The van der Waals surface area contributed by atoms with Gasteiger partial charge in [-0.05, 0) is 38.0 Å². The van der Waals surface area contributed by atoms with Crippen LogP contribution >= 0.6 is 0 Å². The number of amides is 3. The average molecular weight is 694 g/mol. The van der Waals surface area contributed by atoms with Crippen LogP contribution in [0.2, 0.25) is 0 Å². The predicted molar refractivity (Wildman–Crippen MR) is 167 cm³/mol. The summed E-state index contributed by atoms with van der Waals surface area (Å²) in [6.45, 7) is 4.12. The van der Waals surface area contributed by atoms with Crippen LogP contribution in [0.4, 0.5) is 0 Å². The van der Waals surface area contributed by atoms with Crippen molar-refractivity contribution in [3.8, 4) is 0 Å². The van der Waals surface area contributed by atoms with E-state index in [9.17, 15) is 49.8 Å². The molecule has 0 aromatic heterocycles. The number of carbonyl (C=O) groups excluding carboxylic acids is 4. The van der Waals surface area contributed by atoms with Crippen molar-refractivity contribution in [3.63, 3.8) is 0 Å².